The van der Waals surface area contributed by atoms with Crippen molar-refractivity contribution in [2.24, 2.45) is 5.92 Å². The van der Waals surface area contributed by atoms with Gasteiger partial charge in [-0.05, 0) is 27.7 Å². The fourth-order valence-corrected chi connectivity index (χ4v) is 3.37. The summed E-state index contributed by atoms with van der Waals surface area (Å²) >= 11 is 0. The number of rotatable bonds is 3. The Morgan fingerprint density at radius 2 is 1.65 bits per heavy atom. The summed E-state index contributed by atoms with van der Waals surface area (Å²) in [6.45, 7) is 11.7. The first kappa shape index (κ1) is 17.1. The van der Waals surface area contributed by atoms with Gasteiger partial charge in [-0.2, -0.15) is 4.74 Å². The summed E-state index contributed by atoms with van der Waals surface area (Å²) in [5.41, 5.74) is 0. The van der Waals surface area contributed by atoms with Crippen molar-refractivity contribution >= 4 is 6.21 Å². The highest BCUT2D eigenvalue weighted by Crippen LogP contribution is 2.42. The van der Waals surface area contributed by atoms with E-state index < -0.39 is 30.0 Å². The third-order valence-corrected chi connectivity index (χ3v) is 4.16. The second kappa shape index (κ2) is 5.67. The number of hydrogen-bond acceptors (Lipinski definition) is 6. The molecule has 3 fully saturated rings. The molecule has 0 radical (unpaired) electrons. The van der Waals surface area contributed by atoms with Gasteiger partial charge in [-0.3, -0.25) is 0 Å². The van der Waals surface area contributed by atoms with Gasteiger partial charge in [-0.25, -0.2) is 0 Å². The van der Waals surface area contributed by atoms with E-state index >= 15 is 0 Å². The SMILES string of the molecule is CC(C)/C=[N+](\[O-])C1O[C@H]([C@H]2COC(C)(C)O2)[C@@H]2OC(C)(C)O[C@H]12. The molecule has 0 bridgehead atoms. The van der Waals surface area contributed by atoms with Crippen LogP contribution >= 0.6 is 0 Å². The van der Waals surface area contributed by atoms with Gasteiger partial charge in [0.15, 0.2) is 23.9 Å². The molecule has 3 heterocycles. The van der Waals surface area contributed by atoms with Crippen LogP contribution in [0.1, 0.15) is 41.5 Å². The van der Waals surface area contributed by atoms with Gasteiger partial charge in [-0.1, -0.05) is 13.8 Å². The van der Waals surface area contributed by atoms with Gasteiger partial charge in [0.1, 0.15) is 18.3 Å². The van der Waals surface area contributed by atoms with Crippen molar-refractivity contribution in [2.45, 2.75) is 83.8 Å². The molecule has 7 nitrogen and oxygen atoms in total. The lowest BCUT2D eigenvalue weighted by atomic mass is 10.1. The Morgan fingerprint density at radius 1 is 1.00 bits per heavy atom. The number of ether oxygens (including phenoxy) is 5. The van der Waals surface area contributed by atoms with Crippen LogP contribution in [0, 0.1) is 11.1 Å². The van der Waals surface area contributed by atoms with Crippen LogP contribution in [0.25, 0.3) is 0 Å². The molecule has 0 aromatic carbocycles. The molecule has 3 rings (SSSR count). The summed E-state index contributed by atoms with van der Waals surface area (Å²) in [6, 6.07) is 0. The van der Waals surface area contributed by atoms with E-state index in [2.05, 4.69) is 0 Å². The van der Waals surface area contributed by atoms with Gasteiger partial charge in [0.25, 0.3) is 6.23 Å². The fourth-order valence-electron chi connectivity index (χ4n) is 3.37. The van der Waals surface area contributed by atoms with E-state index in [0.717, 1.165) is 4.74 Å². The Morgan fingerprint density at radius 3 is 2.22 bits per heavy atom. The van der Waals surface area contributed by atoms with Crippen LogP contribution in [-0.4, -0.2) is 59.8 Å². The monoisotopic (exact) mass is 329 g/mol. The number of hydrogen-bond donors (Lipinski definition) is 0. The molecular formula is C16H27NO6. The summed E-state index contributed by atoms with van der Waals surface area (Å²) in [4.78, 5) is 0. The third-order valence-electron chi connectivity index (χ3n) is 4.16. The minimum atomic E-state index is -0.747. The molecule has 5 atom stereocenters. The molecular weight excluding hydrogens is 302 g/mol. The molecule has 0 aliphatic carbocycles. The normalized spacial score (nSPS) is 42.4. The highest BCUT2D eigenvalue weighted by atomic mass is 16.8. The van der Waals surface area contributed by atoms with E-state index in [1.54, 1.807) is 6.21 Å². The Kier molecular flexibility index (Phi) is 4.21. The summed E-state index contributed by atoms with van der Waals surface area (Å²) in [6.07, 6.45) is -0.627. The Bertz CT molecular complexity index is 489. The summed E-state index contributed by atoms with van der Waals surface area (Å²) in [7, 11) is 0. The topological polar surface area (TPSA) is 72.2 Å². The number of fused-ring (bicyclic) bond motifs is 1. The molecule has 0 saturated carbocycles. The molecule has 0 amide bonds. The van der Waals surface area contributed by atoms with Gasteiger partial charge in [0, 0.05) is 5.92 Å². The third kappa shape index (κ3) is 3.39. The van der Waals surface area contributed by atoms with Crippen LogP contribution in [0.15, 0.2) is 0 Å². The van der Waals surface area contributed by atoms with E-state index in [1.165, 1.54) is 0 Å². The zero-order valence-electron chi connectivity index (χ0n) is 14.6. The quantitative estimate of drug-likeness (QED) is 0.339. The highest BCUT2D eigenvalue weighted by molar-refractivity contribution is 5.53. The van der Waals surface area contributed by atoms with Crippen molar-refractivity contribution in [3.63, 3.8) is 0 Å². The lowest BCUT2D eigenvalue weighted by molar-refractivity contribution is -0.564. The van der Waals surface area contributed by atoms with Crippen LogP contribution in [0.5, 0.6) is 0 Å². The largest absolute Gasteiger partial charge is 0.622 e. The molecule has 0 spiro atoms. The van der Waals surface area contributed by atoms with Gasteiger partial charge >= 0.3 is 0 Å². The maximum Gasteiger partial charge on any atom is 0.297 e. The molecule has 1 unspecified atom stereocenters. The standard InChI is InChI=1S/C16H27NO6/c1-9(2)7-17(18)14-13-12(22-16(5,6)23-13)11(20-14)10-8-19-15(3,4)21-10/h7,9-14H,8H2,1-6H3/b17-7-/t10-,11-,12+,13+,14?/m1/s1. The van der Waals surface area contributed by atoms with Crippen LogP contribution in [-0.2, 0) is 23.7 Å². The van der Waals surface area contributed by atoms with Gasteiger partial charge < -0.3 is 28.9 Å². The first-order valence-corrected chi connectivity index (χ1v) is 8.21. The number of nitrogens with zero attached hydrogens (tertiary/aromatic N) is 1. The van der Waals surface area contributed by atoms with E-state index in [-0.39, 0.29) is 18.1 Å². The lowest BCUT2D eigenvalue weighted by Crippen LogP contribution is -2.40. The molecule has 0 aromatic heterocycles. The van der Waals surface area contributed by atoms with Gasteiger partial charge in [0.2, 0.25) is 0 Å². The van der Waals surface area contributed by atoms with E-state index in [9.17, 15) is 5.21 Å². The van der Waals surface area contributed by atoms with Crippen LogP contribution in [0.2, 0.25) is 0 Å². The molecule has 0 N–H and O–H groups in total. The molecule has 132 valence electrons. The van der Waals surface area contributed by atoms with E-state index in [1.807, 2.05) is 41.5 Å². The van der Waals surface area contributed by atoms with Crippen molar-refractivity contribution < 1.29 is 28.4 Å². The maximum atomic E-state index is 12.4. The minimum Gasteiger partial charge on any atom is -0.622 e. The zero-order valence-corrected chi connectivity index (χ0v) is 14.6. The maximum absolute atomic E-state index is 12.4. The second-order valence-electron chi connectivity index (χ2n) is 7.68. The molecule has 3 saturated heterocycles. The highest BCUT2D eigenvalue weighted by Gasteiger charge is 2.62. The smallest absolute Gasteiger partial charge is 0.297 e. The van der Waals surface area contributed by atoms with Crippen molar-refractivity contribution in [1.82, 2.24) is 0 Å². The molecule has 23 heavy (non-hydrogen) atoms. The summed E-state index contributed by atoms with van der Waals surface area (Å²) in [5, 5.41) is 12.4. The average molecular weight is 329 g/mol. The minimum absolute atomic E-state index is 0.119. The van der Waals surface area contributed by atoms with E-state index in [4.69, 9.17) is 23.7 Å². The predicted molar refractivity (Wildman–Crippen MR) is 81.9 cm³/mol. The van der Waals surface area contributed by atoms with Gasteiger partial charge in [0.05, 0.1) is 6.61 Å². The average Bonchev–Trinajstić information content (AvgIpc) is 2.98. The molecule has 0 aromatic rings. The van der Waals surface area contributed by atoms with Crippen molar-refractivity contribution in [3.05, 3.63) is 5.21 Å². The molecule has 3 aliphatic rings. The Hall–Kier alpha value is -0.730. The first-order valence-electron chi connectivity index (χ1n) is 8.21. The van der Waals surface area contributed by atoms with E-state index in [0.29, 0.717) is 6.61 Å². The summed E-state index contributed by atoms with van der Waals surface area (Å²) in [5.74, 6) is -1.28. The van der Waals surface area contributed by atoms with Crippen molar-refractivity contribution in [1.29, 1.82) is 0 Å². The fraction of sp³-hybridized carbons (Fsp3) is 0.938. The lowest BCUT2D eigenvalue weighted by Gasteiger charge is -2.26. The molecule has 7 heteroatoms. The van der Waals surface area contributed by atoms with Crippen molar-refractivity contribution in [3.8, 4) is 0 Å². The number of hydroxylamine groups is 1. The zero-order chi connectivity index (χ0) is 17.0. The van der Waals surface area contributed by atoms with Crippen molar-refractivity contribution in [2.75, 3.05) is 6.61 Å². The predicted octanol–water partition coefficient (Wildman–Crippen LogP) is 1.62. The first-order chi connectivity index (χ1) is 10.6. The van der Waals surface area contributed by atoms with Crippen LogP contribution in [0.4, 0.5) is 0 Å². The molecule has 3 aliphatic heterocycles. The van der Waals surface area contributed by atoms with Crippen LogP contribution in [0.3, 0.4) is 0 Å². The van der Waals surface area contributed by atoms with Crippen LogP contribution < -0.4 is 0 Å². The summed E-state index contributed by atoms with van der Waals surface area (Å²) < 4.78 is 30.3. The Balaban J connectivity index is 1.82. The Labute approximate surface area is 137 Å². The van der Waals surface area contributed by atoms with Gasteiger partial charge in [-0.15, -0.1) is 0 Å². The second-order valence-corrected chi connectivity index (χ2v) is 7.68.